The van der Waals surface area contributed by atoms with Gasteiger partial charge in [-0.25, -0.2) is 28.4 Å². The third-order valence-corrected chi connectivity index (χ3v) is 5.59. The Balaban J connectivity index is 1.42. The van der Waals surface area contributed by atoms with Crippen molar-refractivity contribution in [2.75, 3.05) is 0 Å². The molecular formula is C23H21F2N7O. The second-order valence-electron chi connectivity index (χ2n) is 7.85. The molecule has 3 aromatic heterocycles. The Bertz CT molecular complexity index is 1340. The summed E-state index contributed by atoms with van der Waals surface area (Å²) in [5, 5.41) is 4.51. The van der Waals surface area contributed by atoms with Crippen LogP contribution in [0.3, 0.4) is 0 Å². The van der Waals surface area contributed by atoms with E-state index in [1.807, 2.05) is 25.3 Å². The van der Waals surface area contributed by atoms with Gasteiger partial charge in [-0.3, -0.25) is 0 Å². The molecule has 8 nitrogen and oxygen atoms in total. The predicted octanol–water partition coefficient (Wildman–Crippen LogP) is 3.79. The van der Waals surface area contributed by atoms with E-state index in [0.717, 1.165) is 24.2 Å². The van der Waals surface area contributed by atoms with Gasteiger partial charge >= 0.3 is 0 Å². The van der Waals surface area contributed by atoms with Gasteiger partial charge in [0.2, 0.25) is 0 Å². The first-order valence-corrected chi connectivity index (χ1v) is 10.5. The van der Waals surface area contributed by atoms with Gasteiger partial charge in [-0.15, -0.1) is 0 Å². The summed E-state index contributed by atoms with van der Waals surface area (Å²) in [6.07, 6.45) is 8.43. The zero-order chi connectivity index (χ0) is 22.9. The van der Waals surface area contributed by atoms with Gasteiger partial charge in [0.15, 0.2) is 5.82 Å². The molecule has 33 heavy (non-hydrogen) atoms. The number of rotatable bonds is 5. The maximum Gasteiger partial charge on any atom is 0.262 e. The van der Waals surface area contributed by atoms with E-state index in [1.54, 1.807) is 27.7 Å². The van der Waals surface area contributed by atoms with Gasteiger partial charge in [-0.1, -0.05) is 0 Å². The molecule has 4 heterocycles. The van der Waals surface area contributed by atoms with E-state index >= 15 is 0 Å². The van der Waals surface area contributed by atoms with E-state index in [2.05, 4.69) is 20.1 Å². The lowest BCUT2D eigenvalue weighted by molar-refractivity contribution is 0.319. The van der Waals surface area contributed by atoms with E-state index in [-0.39, 0.29) is 11.8 Å². The van der Waals surface area contributed by atoms with Crippen molar-refractivity contribution in [3.05, 3.63) is 83.1 Å². The third-order valence-electron chi connectivity index (χ3n) is 5.59. The Kier molecular flexibility index (Phi) is 5.43. The molecule has 0 fully saturated rings. The van der Waals surface area contributed by atoms with Crippen molar-refractivity contribution < 1.29 is 13.6 Å². The molecule has 0 saturated carbocycles. The molecule has 4 aromatic rings. The normalized spacial score (nSPS) is 15.7. The second-order valence-corrected chi connectivity index (χ2v) is 7.85. The molecule has 0 bridgehead atoms. The van der Waals surface area contributed by atoms with Crippen LogP contribution in [0, 0.1) is 18.6 Å². The van der Waals surface area contributed by atoms with Gasteiger partial charge in [0.25, 0.3) is 5.88 Å². The van der Waals surface area contributed by atoms with Crippen LogP contribution in [0.25, 0.3) is 17.8 Å². The minimum absolute atomic E-state index is 0.244. The molecule has 0 amide bonds. The summed E-state index contributed by atoms with van der Waals surface area (Å²) >= 11 is 0. The summed E-state index contributed by atoms with van der Waals surface area (Å²) < 4.78 is 31.6. The van der Waals surface area contributed by atoms with Crippen molar-refractivity contribution in [2.24, 2.45) is 5.90 Å². The van der Waals surface area contributed by atoms with Crippen LogP contribution in [-0.4, -0.2) is 29.3 Å². The molecule has 0 saturated heterocycles. The summed E-state index contributed by atoms with van der Waals surface area (Å²) in [6, 6.07) is 7.14. The minimum atomic E-state index is -0.471. The highest BCUT2D eigenvalue weighted by molar-refractivity contribution is 5.65. The second kappa shape index (κ2) is 8.55. The average molecular weight is 449 g/mol. The van der Waals surface area contributed by atoms with Gasteiger partial charge in [0.05, 0.1) is 17.7 Å². The van der Waals surface area contributed by atoms with Crippen LogP contribution in [0.15, 0.2) is 42.9 Å². The number of halogens is 2. The number of pyridine rings is 1. The van der Waals surface area contributed by atoms with Crippen molar-refractivity contribution in [2.45, 2.75) is 32.2 Å². The van der Waals surface area contributed by atoms with E-state index in [0.29, 0.717) is 41.6 Å². The lowest BCUT2D eigenvalue weighted by atomic mass is 9.91. The summed E-state index contributed by atoms with van der Waals surface area (Å²) in [5.41, 5.74) is 2.41. The van der Waals surface area contributed by atoms with Crippen LogP contribution < -0.4 is 10.7 Å². The molecule has 2 N–H and O–H groups in total. The molecule has 0 aliphatic carbocycles. The zero-order valence-electron chi connectivity index (χ0n) is 17.8. The standard InChI is InChI=1S/C23H21F2N7O/c1-14-12-31(13-27-14)20-8-5-16(28-23(20)33-26)6-9-21-29-22-17(3-2-10-32(22)30-21)18-11-15(24)4-7-19(18)25/h4-9,11-13,17H,2-3,10,26H2,1H3/b9-6+. The van der Waals surface area contributed by atoms with Gasteiger partial charge in [-0.05, 0) is 62.2 Å². The number of hydrogen-bond donors (Lipinski definition) is 1. The van der Waals surface area contributed by atoms with Crippen molar-refractivity contribution in [3.63, 3.8) is 0 Å². The fraction of sp³-hybridized carbons (Fsp3) is 0.217. The maximum absolute atomic E-state index is 14.4. The Hall–Kier alpha value is -3.92. The minimum Gasteiger partial charge on any atom is -0.389 e. The number of nitrogens with two attached hydrogens (primary N) is 1. The number of nitrogens with zero attached hydrogens (tertiary/aromatic N) is 6. The van der Waals surface area contributed by atoms with E-state index < -0.39 is 11.6 Å². The molecule has 1 aromatic carbocycles. The van der Waals surface area contributed by atoms with Crippen LogP contribution >= 0.6 is 0 Å². The molecule has 0 spiro atoms. The maximum atomic E-state index is 14.4. The van der Waals surface area contributed by atoms with Crippen molar-refractivity contribution in [1.82, 2.24) is 29.3 Å². The highest BCUT2D eigenvalue weighted by Gasteiger charge is 2.27. The molecule has 1 aliphatic rings. The number of aryl methyl sites for hydroxylation is 2. The fourth-order valence-corrected chi connectivity index (χ4v) is 4.05. The molecular weight excluding hydrogens is 428 g/mol. The van der Waals surface area contributed by atoms with Crippen molar-refractivity contribution >= 4 is 12.2 Å². The summed E-state index contributed by atoms with van der Waals surface area (Å²) in [6.45, 7) is 2.56. The predicted molar refractivity (Wildman–Crippen MR) is 117 cm³/mol. The first-order chi connectivity index (χ1) is 16.0. The summed E-state index contributed by atoms with van der Waals surface area (Å²) in [7, 11) is 0. The molecule has 0 radical (unpaired) electrons. The van der Waals surface area contributed by atoms with Gasteiger partial charge in [-0.2, -0.15) is 11.0 Å². The van der Waals surface area contributed by atoms with Crippen LogP contribution in [0.4, 0.5) is 8.78 Å². The monoisotopic (exact) mass is 449 g/mol. The molecule has 168 valence electrons. The van der Waals surface area contributed by atoms with E-state index in [9.17, 15) is 8.78 Å². The average Bonchev–Trinajstić information content (AvgIpc) is 3.44. The first-order valence-electron chi connectivity index (χ1n) is 10.5. The summed E-state index contributed by atoms with van der Waals surface area (Å²) in [5.74, 6) is 5.48. The number of imidazole rings is 1. The summed E-state index contributed by atoms with van der Waals surface area (Å²) in [4.78, 5) is 18.2. The quantitative estimate of drug-likeness (QED) is 0.466. The smallest absolute Gasteiger partial charge is 0.262 e. The van der Waals surface area contributed by atoms with Crippen LogP contribution in [0.1, 0.15) is 47.4 Å². The van der Waals surface area contributed by atoms with Crippen LogP contribution in [0.2, 0.25) is 0 Å². The van der Waals surface area contributed by atoms with Crippen LogP contribution in [0.5, 0.6) is 5.88 Å². The number of hydrogen-bond acceptors (Lipinski definition) is 6. The van der Waals surface area contributed by atoms with Gasteiger partial charge in [0, 0.05) is 24.2 Å². The van der Waals surface area contributed by atoms with Gasteiger partial charge < -0.3 is 9.40 Å². The first kappa shape index (κ1) is 21.0. The SMILES string of the molecule is Cc1cn(-c2ccc(/C=C/c3nc4n(n3)CCCC4c3cc(F)ccc3F)nc2ON)cn1. The topological polar surface area (TPSA) is 96.7 Å². The molecule has 5 rings (SSSR count). The van der Waals surface area contributed by atoms with Crippen molar-refractivity contribution in [3.8, 4) is 11.6 Å². The largest absolute Gasteiger partial charge is 0.389 e. The molecule has 1 atom stereocenters. The zero-order valence-corrected chi connectivity index (χ0v) is 17.8. The van der Waals surface area contributed by atoms with Crippen LogP contribution in [-0.2, 0) is 6.54 Å². The Morgan fingerprint density at radius 3 is 2.82 bits per heavy atom. The van der Waals surface area contributed by atoms with E-state index in [4.69, 9.17) is 10.7 Å². The third kappa shape index (κ3) is 4.12. The molecule has 1 aliphatic heterocycles. The highest BCUT2D eigenvalue weighted by Crippen LogP contribution is 2.34. The molecule has 1 unspecified atom stereocenters. The van der Waals surface area contributed by atoms with Crippen molar-refractivity contribution in [1.29, 1.82) is 0 Å². The number of benzene rings is 1. The lowest BCUT2D eigenvalue weighted by Gasteiger charge is -2.22. The Morgan fingerprint density at radius 2 is 2.03 bits per heavy atom. The number of fused-ring (bicyclic) bond motifs is 1. The lowest BCUT2D eigenvalue weighted by Crippen LogP contribution is -2.19. The Morgan fingerprint density at radius 1 is 1.15 bits per heavy atom. The fourth-order valence-electron chi connectivity index (χ4n) is 4.05. The molecule has 10 heteroatoms. The Labute approximate surface area is 188 Å². The van der Waals surface area contributed by atoms with E-state index in [1.165, 1.54) is 6.07 Å². The highest BCUT2D eigenvalue weighted by atomic mass is 19.1. The number of aromatic nitrogens is 6. The van der Waals surface area contributed by atoms with Gasteiger partial charge in [0.1, 0.15) is 23.1 Å².